The highest BCUT2D eigenvalue weighted by Crippen LogP contribution is 2.16. The number of aliphatic carboxylic acids is 1. The van der Waals surface area contributed by atoms with Crippen molar-refractivity contribution in [2.24, 2.45) is 0 Å². The minimum atomic E-state index is -0.849. The summed E-state index contributed by atoms with van der Waals surface area (Å²) in [5.41, 5.74) is 0.623. The Morgan fingerprint density at radius 3 is 2.50 bits per heavy atom. The van der Waals surface area contributed by atoms with Gasteiger partial charge in [0.1, 0.15) is 5.75 Å². The van der Waals surface area contributed by atoms with Gasteiger partial charge in [0.25, 0.3) is 5.91 Å². The number of carbonyl (C=O) groups is 3. The quantitative estimate of drug-likeness (QED) is 0.553. The van der Waals surface area contributed by atoms with Gasteiger partial charge in [0, 0.05) is 25.1 Å². The van der Waals surface area contributed by atoms with Crippen molar-refractivity contribution in [2.45, 2.75) is 19.3 Å². The third-order valence-corrected chi connectivity index (χ3v) is 4.19. The maximum absolute atomic E-state index is 11.9. The molecule has 2 amide bonds. The molecule has 3 N–H and O–H groups in total. The number of hydrogen-bond acceptors (Lipinski definition) is 5. The van der Waals surface area contributed by atoms with E-state index in [1.54, 1.807) is 36.4 Å². The Balaban J connectivity index is 1.66. The average Bonchev–Trinajstić information content (AvgIpc) is 3.14. The van der Waals surface area contributed by atoms with Gasteiger partial charge in [-0.15, -0.1) is 11.3 Å². The number of amides is 2. The van der Waals surface area contributed by atoms with Crippen LogP contribution < -0.4 is 15.4 Å². The molecule has 0 aliphatic rings. The summed E-state index contributed by atoms with van der Waals surface area (Å²) in [7, 11) is 0. The first-order valence-corrected chi connectivity index (χ1v) is 8.99. The Morgan fingerprint density at radius 2 is 1.85 bits per heavy atom. The fraction of sp³-hybridized carbons (Fsp3) is 0.278. The Kier molecular flexibility index (Phi) is 7.63. The second-order valence-electron chi connectivity index (χ2n) is 5.40. The summed E-state index contributed by atoms with van der Waals surface area (Å²) in [4.78, 5) is 34.7. The maximum atomic E-state index is 11.9. The highest BCUT2D eigenvalue weighted by atomic mass is 32.1. The standard InChI is InChI=1S/C18H20N2O5S/c21-16(9-10-19-18(24)15-3-2-12-26-15)20-13-5-7-14(8-6-13)25-11-1-4-17(22)23/h2-3,5-8,12H,1,4,9-11H2,(H,19,24)(H,20,21)(H,22,23). The number of benzene rings is 1. The second-order valence-corrected chi connectivity index (χ2v) is 6.35. The van der Waals surface area contributed by atoms with Crippen LogP contribution in [-0.2, 0) is 9.59 Å². The number of nitrogens with one attached hydrogen (secondary N) is 2. The van der Waals surface area contributed by atoms with Gasteiger partial charge in [-0.2, -0.15) is 0 Å². The van der Waals surface area contributed by atoms with E-state index in [1.807, 2.05) is 5.38 Å². The summed E-state index contributed by atoms with van der Waals surface area (Å²) in [5.74, 6) is -0.626. The van der Waals surface area contributed by atoms with Crippen molar-refractivity contribution in [3.63, 3.8) is 0 Å². The SMILES string of the molecule is O=C(O)CCCOc1ccc(NC(=O)CCNC(=O)c2cccs2)cc1. The summed E-state index contributed by atoms with van der Waals surface area (Å²) in [5, 5.41) is 15.8. The van der Waals surface area contributed by atoms with Gasteiger partial charge in [-0.1, -0.05) is 6.07 Å². The molecule has 0 saturated carbocycles. The van der Waals surface area contributed by atoms with E-state index < -0.39 is 5.97 Å². The molecular weight excluding hydrogens is 356 g/mol. The monoisotopic (exact) mass is 376 g/mol. The molecule has 0 saturated heterocycles. The number of rotatable bonds is 10. The number of carboxylic acid groups (broad SMARTS) is 1. The molecule has 1 aromatic heterocycles. The summed E-state index contributed by atoms with van der Waals surface area (Å²) in [6, 6.07) is 10.3. The Bertz CT molecular complexity index is 729. The van der Waals surface area contributed by atoms with E-state index in [9.17, 15) is 14.4 Å². The third-order valence-electron chi connectivity index (χ3n) is 3.32. The number of ether oxygens (including phenoxy) is 1. The second kappa shape index (κ2) is 10.2. The largest absolute Gasteiger partial charge is 0.494 e. The van der Waals surface area contributed by atoms with Crippen LogP contribution in [0.3, 0.4) is 0 Å². The Hall–Kier alpha value is -2.87. The van der Waals surface area contributed by atoms with Crippen LogP contribution in [0.5, 0.6) is 5.75 Å². The normalized spacial score (nSPS) is 10.2. The summed E-state index contributed by atoms with van der Waals surface area (Å²) >= 11 is 1.35. The van der Waals surface area contributed by atoms with Crippen LogP contribution >= 0.6 is 11.3 Å². The van der Waals surface area contributed by atoms with E-state index in [4.69, 9.17) is 9.84 Å². The highest BCUT2D eigenvalue weighted by molar-refractivity contribution is 7.12. The first-order valence-electron chi connectivity index (χ1n) is 8.11. The first kappa shape index (κ1) is 19.5. The lowest BCUT2D eigenvalue weighted by Gasteiger charge is -2.08. The van der Waals surface area contributed by atoms with E-state index in [0.717, 1.165) is 0 Å². The fourth-order valence-electron chi connectivity index (χ4n) is 2.06. The zero-order valence-corrected chi connectivity index (χ0v) is 14.9. The fourth-order valence-corrected chi connectivity index (χ4v) is 2.70. The van der Waals surface area contributed by atoms with Crippen molar-refractivity contribution in [1.29, 1.82) is 0 Å². The molecule has 0 atom stereocenters. The molecule has 0 bridgehead atoms. The van der Waals surface area contributed by atoms with Crippen LogP contribution in [-0.4, -0.2) is 36.0 Å². The van der Waals surface area contributed by atoms with Gasteiger partial charge in [0.2, 0.25) is 5.91 Å². The minimum absolute atomic E-state index is 0.0666. The van der Waals surface area contributed by atoms with E-state index in [2.05, 4.69) is 10.6 Å². The van der Waals surface area contributed by atoms with Gasteiger partial charge in [-0.25, -0.2) is 0 Å². The predicted molar refractivity (Wildman–Crippen MR) is 98.7 cm³/mol. The zero-order chi connectivity index (χ0) is 18.8. The molecule has 2 rings (SSSR count). The van der Waals surface area contributed by atoms with Crippen LogP contribution in [0, 0.1) is 0 Å². The molecule has 1 heterocycles. The average molecular weight is 376 g/mol. The maximum Gasteiger partial charge on any atom is 0.303 e. The van der Waals surface area contributed by atoms with Gasteiger partial charge in [0.05, 0.1) is 11.5 Å². The molecule has 8 heteroatoms. The molecule has 0 fully saturated rings. The van der Waals surface area contributed by atoms with Gasteiger partial charge in [0.15, 0.2) is 0 Å². The van der Waals surface area contributed by atoms with Crippen LogP contribution in [0.1, 0.15) is 28.9 Å². The van der Waals surface area contributed by atoms with Crippen molar-refractivity contribution >= 4 is 34.8 Å². The van der Waals surface area contributed by atoms with Crippen molar-refractivity contribution in [1.82, 2.24) is 5.32 Å². The summed E-state index contributed by atoms with van der Waals surface area (Å²) in [6.07, 6.45) is 0.673. The van der Waals surface area contributed by atoms with Crippen LogP contribution in [0.15, 0.2) is 41.8 Å². The van der Waals surface area contributed by atoms with Crippen LogP contribution in [0.2, 0.25) is 0 Å². The number of anilines is 1. The van der Waals surface area contributed by atoms with Gasteiger partial charge in [-0.05, 0) is 42.1 Å². The predicted octanol–water partition coefficient (Wildman–Crippen LogP) is 2.75. The lowest BCUT2D eigenvalue weighted by molar-refractivity contribution is -0.137. The number of carbonyl (C=O) groups excluding carboxylic acids is 2. The van der Waals surface area contributed by atoms with E-state index >= 15 is 0 Å². The van der Waals surface area contributed by atoms with Gasteiger partial charge >= 0.3 is 5.97 Å². The molecule has 0 radical (unpaired) electrons. The Morgan fingerprint density at radius 1 is 1.08 bits per heavy atom. The summed E-state index contributed by atoms with van der Waals surface area (Å²) in [6.45, 7) is 0.579. The minimum Gasteiger partial charge on any atom is -0.494 e. The molecular formula is C18H20N2O5S. The lowest BCUT2D eigenvalue weighted by Crippen LogP contribution is -2.27. The highest BCUT2D eigenvalue weighted by Gasteiger charge is 2.07. The molecule has 0 unspecified atom stereocenters. The molecule has 0 aliphatic heterocycles. The first-order chi connectivity index (χ1) is 12.5. The van der Waals surface area contributed by atoms with Crippen molar-refractivity contribution in [2.75, 3.05) is 18.5 Å². The number of carboxylic acids is 1. The van der Waals surface area contributed by atoms with E-state index in [0.29, 0.717) is 29.3 Å². The molecule has 0 spiro atoms. The summed E-state index contributed by atoms with van der Waals surface area (Å²) < 4.78 is 5.42. The van der Waals surface area contributed by atoms with Gasteiger partial charge in [-0.3, -0.25) is 14.4 Å². The van der Waals surface area contributed by atoms with Crippen LogP contribution in [0.25, 0.3) is 0 Å². The molecule has 2 aromatic rings. The molecule has 0 aliphatic carbocycles. The molecule has 1 aromatic carbocycles. The Labute approximate surface area is 155 Å². The zero-order valence-electron chi connectivity index (χ0n) is 14.1. The van der Waals surface area contributed by atoms with Crippen molar-refractivity contribution in [3.05, 3.63) is 46.7 Å². The number of thiophene rings is 1. The third kappa shape index (κ3) is 6.94. The van der Waals surface area contributed by atoms with Gasteiger partial charge < -0.3 is 20.5 Å². The van der Waals surface area contributed by atoms with Crippen molar-refractivity contribution < 1.29 is 24.2 Å². The lowest BCUT2D eigenvalue weighted by atomic mass is 10.3. The smallest absolute Gasteiger partial charge is 0.303 e. The topological polar surface area (TPSA) is 105 Å². The van der Waals surface area contributed by atoms with Crippen molar-refractivity contribution in [3.8, 4) is 5.75 Å². The van der Waals surface area contributed by atoms with Crippen LogP contribution in [0.4, 0.5) is 5.69 Å². The van der Waals surface area contributed by atoms with E-state index in [-0.39, 0.29) is 31.2 Å². The van der Waals surface area contributed by atoms with E-state index in [1.165, 1.54) is 11.3 Å². The molecule has 138 valence electrons. The molecule has 26 heavy (non-hydrogen) atoms. The number of hydrogen-bond donors (Lipinski definition) is 3. The molecule has 7 nitrogen and oxygen atoms in total.